The second-order valence-electron chi connectivity index (χ2n) is 4.21. The Kier molecular flexibility index (Phi) is 6.22. The fraction of sp³-hybridized carbons (Fsp3) is 0.500. The first-order chi connectivity index (χ1) is 8.65. The number of amides is 1. The number of carbonyl (C=O) groups excluding carboxylic acids is 1. The monoisotopic (exact) mass is 250 g/mol. The van der Waals surface area contributed by atoms with Crippen molar-refractivity contribution < 1.29 is 9.53 Å². The highest BCUT2D eigenvalue weighted by Crippen LogP contribution is 2.15. The van der Waals surface area contributed by atoms with Gasteiger partial charge in [-0.15, -0.1) is 0 Å². The predicted molar refractivity (Wildman–Crippen MR) is 73.2 cm³/mol. The molecule has 18 heavy (non-hydrogen) atoms. The van der Waals surface area contributed by atoms with E-state index in [1.807, 2.05) is 32.0 Å². The Labute approximate surface area is 109 Å². The van der Waals surface area contributed by atoms with Gasteiger partial charge in [-0.2, -0.15) is 0 Å². The summed E-state index contributed by atoms with van der Waals surface area (Å²) in [6.45, 7) is 5.78. The third kappa shape index (κ3) is 4.75. The van der Waals surface area contributed by atoms with Crippen LogP contribution < -0.4 is 11.1 Å². The van der Waals surface area contributed by atoms with Crippen LogP contribution in [-0.2, 0) is 16.1 Å². The van der Waals surface area contributed by atoms with Gasteiger partial charge in [0.15, 0.2) is 0 Å². The molecule has 1 aromatic carbocycles. The lowest BCUT2D eigenvalue weighted by molar-refractivity contribution is -0.121. The van der Waals surface area contributed by atoms with Crippen LogP contribution in [-0.4, -0.2) is 19.1 Å². The van der Waals surface area contributed by atoms with Crippen LogP contribution >= 0.6 is 0 Å². The van der Waals surface area contributed by atoms with Gasteiger partial charge in [-0.25, -0.2) is 0 Å². The Morgan fingerprint density at radius 2 is 2.22 bits per heavy atom. The molecule has 0 saturated carbocycles. The van der Waals surface area contributed by atoms with Crippen molar-refractivity contribution in [2.45, 2.75) is 33.2 Å². The highest BCUT2D eigenvalue weighted by atomic mass is 16.5. The number of ether oxygens (including phenoxy) is 1. The molecule has 0 aliphatic carbocycles. The first kappa shape index (κ1) is 14.5. The van der Waals surface area contributed by atoms with Crippen molar-refractivity contribution in [2.75, 3.05) is 18.9 Å². The third-order valence-corrected chi connectivity index (χ3v) is 2.86. The standard InChI is InChI=1S/C14H22N2O2/c1-3-18-9-5-8-14(17)16-10-12-6-4-7-13(15)11(12)2/h4,6-7H,3,5,8-10,15H2,1-2H3,(H,16,17). The molecule has 4 heteroatoms. The molecule has 1 aromatic rings. The number of hydrogen-bond donors (Lipinski definition) is 2. The van der Waals surface area contributed by atoms with Crippen molar-refractivity contribution in [2.24, 2.45) is 0 Å². The molecule has 0 aliphatic rings. The number of rotatable bonds is 7. The van der Waals surface area contributed by atoms with Crippen molar-refractivity contribution in [3.05, 3.63) is 29.3 Å². The van der Waals surface area contributed by atoms with Gasteiger partial charge in [0.2, 0.25) is 5.91 Å². The highest BCUT2D eigenvalue weighted by molar-refractivity contribution is 5.75. The second kappa shape index (κ2) is 7.71. The predicted octanol–water partition coefficient (Wildman–Crippen LogP) is 2.01. The fourth-order valence-corrected chi connectivity index (χ4v) is 1.66. The normalized spacial score (nSPS) is 10.3. The Bertz CT molecular complexity index is 391. The molecule has 0 saturated heterocycles. The van der Waals surface area contributed by atoms with E-state index in [0.29, 0.717) is 26.2 Å². The van der Waals surface area contributed by atoms with Gasteiger partial charge < -0.3 is 15.8 Å². The molecule has 0 unspecified atom stereocenters. The summed E-state index contributed by atoms with van der Waals surface area (Å²) in [5.41, 5.74) is 8.67. The Balaban J connectivity index is 2.32. The number of nitrogens with two attached hydrogens (primary N) is 1. The van der Waals surface area contributed by atoms with E-state index in [0.717, 1.165) is 23.2 Å². The summed E-state index contributed by atoms with van der Waals surface area (Å²) in [5, 5.41) is 2.89. The topological polar surface area (TPSA) is 64.3 Å². The molecule has 0 radical (unpaired) electrons. The van der Waals surface area contributed by atoms with Crippen LogP contribution in [0.2, 0.25) is 0 Å². The van der Waals surface area contributed by atoms with Crippen molar-refractivity contribution in [1.82, 2.24) is 5.32 Å². The summed E-state index contributed by atoms with van der Waals surface area (Å²) in [5.74, 6) is 0.0523. The molecule has 0 spiro atoms. The van der Waals surface area contributed by atoms with Gasteiger partial charge in [0.05, 0.1) is 0 Å². The lowest BCUT2D eigenvalue weighted by Gasteiger charge is -2.09. The molecule has 1 amide bonds. The lowest BCUT2D eigenvalue weighted by atomic mass is 10.1. The van der Waals surface area contributed by atoms with E-state index >= 15 is 0 Å². The zero-order valence-electron chi connectivity index (χ0n) is 11.2. The van der Waals surface area contributed by atoms with Crippen LogP contribution in [0.3, 0.4) is 0 Å². The van der Waals surface area contributed by atoms with E-state index in [1.54, 1.807) is 0 Å². The largest absolute Gasteiger partial charge is 0.399 e. The minimum absolute atomic E-state index is 0.0523. The van der Waals surface area contributed by atoms with Crippen molar-refractivity contribution in [3.8, 4) is 0 Å². The quantitative estimate of drug-likeness (QED) is 0.574. The molecule has 0 aliphatic heterocycles. The number of carbonyl (C=O) groups is 1. The molecule has 0 atom stereocenters. The van der Waals surface area contributed by atoms with E-state index in [1.165, 1.54) is 0 Å². The van der Waals surface area contributed by atoms with Crippen LogP contribution in [0.1, 0.15) is 30.9 Å². The van der Waals surface area contributed by atoms with Crippen LogP contribution in [0.15, 0.2) is 18.2 Å². The number of nitrogens with one attached hydrogen (secondary N) is 1. The maximum Gasteiger partial charge on any atom is 0.220 e. The summed E-state index contributed by atoms with van der Waals surface area (Å²) in [6.07, 6.45) is 1.26. The first-order valence-electron chi connectivity index (χ1n) is 6.33. The lowest BCUT2D eigenvalue weighted by Crippen LogP contribution is -2.23. The van der Waals surface area contributed by atoms with E-state index in [2.05, 4.69) is 5.32 Å². The minimum Gasteiger partial charge on any atom is -0.399 e. The first-order valence-corrected chi connectivity index (χ1v) is 6.33. The van der Waals surface area contributed by atoms with Crippen molar-refractivity contribution in [1.29, 1.82) is 0 Å². The van der Waals surface area contributed by atoms with Gasteiger partial charge in [0.1, 0.15) is 0 Å². The molecular formula is C14H22N2O2. The van der Waals surface area contributed by atoms with E-state index in [-0.39, 0.29) is 5.91 Å². The van der Waals surface area contributed by atoms with Gasteiger partial charge in [0.25, 0.3) is 0 Å². The molecule has 1 rings (SSSR count). The summed E-state index contributed by atoms with van der Waals surface area (Å²) in [6, 6.07) is 5.74. The van der Waals surface area contributed by atoms with Crippen molar-refractivity contribution >= 4 is 11.6 Å². The highest BCUT2D eigenvalue weighted by Gasteiger charge is 2.04. The van der Waals surface area contributed by atoms with E-state index in [9.17, 15) is 4.79 Å². The second-order valence-corrected chi connectivity index (χ2v) is 4.21. The summed E-state index contributed by atoms with van der Waals surface area (Å²) in [7, 11) is 0. The van der Waals surface area contributed by atoms with Crippen LogP contribution in [0.25, 0.3) is 0 Å². The molecular weight excluding hydrogens is 228 g/mol. The molecule has 0 bridgehead atoms. The smallest absolute Gasteiger partial charge is 0.220 e. The van der Waals surface area contributed by atoms with Crippen LogP contribution in [0, 0.1) is 6.92 Å². The van der Waals surface area contributed by atoms with Crippen LogP contribution in [0.5, 0.6) is 0 Å². The maximum atomic E-state index is 11.6. The molecule has 0 aromatic heterocycles. The Morgan fingerprint density at radius 3 is 2.94 bits per heavy atom. The van der Waals surface area contributed by atoms with Gasteiger partial charge in [-0.3, -0.25) is 4.79 Å². The number of nitrogen functional groups attached to an aromatic ring is 1. The molecule has 100 valence electrons. The van der Waals surface area contributed by atoms with Gasteiger partial charge in [0, 0.05) is 31.9 Å². The Morgan fingerprint density at radius 1 is 1.44 bits per heavy atom. The minimum atomic E-state index is 0.0523. The third-order valence-electron chi connectivity index (χ3n) is 2.86. The van der Waals surface area contributed by atoms with Gasteiger partial charge >= 0.3 is 0 Å². The fourth-order valence-electron chi connectivity index (χ4n) is 1.66. The SMILES string of the molecule is CCOCCCC(=O)NCc1cccc(N)c1C. The number of benzene rings is 1. The summed E-state index contributed by atoms with van der Waals surface area (Å²) < 4.78 is 5.18. The van der Waals surface area contributed by atoms with Crippen LogP contribution in [0.4, 0.5) is 5.69 Å². The van der Waals surface area contributed by atoms with E-state index in [4.69, 9.17) is 10.5 Å². The van der Waals surface area contributed by atoms with Gasteiger partial charge in [-0.05, 0) is 37.5 Å². The average molecular weight is 250 g/mol. The maximum absolute atomic E-state index is 11.6. The molecule has 0 fully saturated rings. The average Bonchev–Trinajstić information content (AvgIpc) is 2.36. The number of anilines is 1. The van der Waals surface area contributed by atoms with Crippen molar-refractivity contribution in [3.63, 3.8) is 0 Å². The van der Waals surface area contributed by atoms with E-state index < -0.39 is 0 Å². The molecule has 3 N–H and O–H groups in total. The Hall–Kier alpha value is -1.55. The summed E-state index contributed by atoms with van der Waals surface area (Å²) in [4.78, 5) is 11.6. The molecule has 0 heterocycles. The van der Waals surface area contributed by atoms with Gasteiger partial charge in [-0.1, -0.05) is 12.1 Å². The number of hydrogen-bond acceptors (Lipinski definition) is 3. The molecule has 4 nitrogen and oxygen atoms in total. The summed E-state index contributed by atoms with van der Waals surface area (Å²) >= 11 is 0. The zero-order valence-corrected chi connectivity index (χ0v) is 11.2. The zero-order chi connectivity index (χ0) is 13.4.